The largest absolute Gasteiger partial charge is 0.451 e. The molecule has 2 atom stereocenters. The van der Waals surface area contributed by atoms with Crippen LogP contribution in [0.15, 0.2) is 24.8 Å². The monoisotopic (exact) mass is 218 g/mol. The van der Waals surface area contributed by atoms with Crippen molar-refractivity contribution in [3.8, 4) is 0 Å². The highest BCUT2D eigenvalue weighted by Gasteiger charge is 2.55. The number of esters is 1. The number of hydrogen-bond donors (Lipinski definition) is 0. The second-order valence-electron chi connectivity index (χ2n) is 5.69. The molecule has 0 amide bonds. The first-order valence-corrected chi connectivity index (χ1v) is 6.17. The zero-order valence-electron chi connectivity index (χ0n) is 9.58. The minimum atomic E-state index is -0.333. The van der Waals surface area contributed by atoms with Crippen LogP contribution in [0.25, 0.3) is 0 Å². The van der Waals surface area contributed by atoms with E-state index in [1.165, 1.54) is 30.9 Å². The highest BCUT2D eigenvalue weighted by atomic mass is 16.6. The predicted molar refractivity (Wildman–Crippen MR) is 61.7 cm³/mol. The molecule has 2 nitrogen and oxygen atoms in total. The van der Waals surface area contributed by atoms with Gasteiger partial charge < -0.3 is 4.74 Å². The van der Waals surface area contributed by atoms with E-state index in [0.717, 1.165) is 24.7 Å². The molecule has 4 saturated carbocycles. The Labute approximate surface area is 96.4 Å². The molecule has 0 saturated heterocycles. The van der Waals surface area contributed by atoms with Crippen LogP contribution in [0.2, 0.25) is 0 Å². The molecule has 2 unspecified atom stereocenters. The maximum atomic E-state index is 11.5. The molecular weight excluding hydrogens is 200 g/mol. The van der Waals surface area contributed by atoms with Gasteiger partial charge in [0.25, 0.3) is 0 Å². The first-order chi connectivity index (χ1) is 7.63. The molecule has 86 valence electrons. The van der Waals surface area contributed by atoms with Crippen molar-refractivity contribution in [1.29, 1.82) is 0 Å². The standard InChI is InChI=1S/C14H18O2/c1-3-13(15)16-14-7-10-4-11(8-14)6-12(5-10)9(14)2/h3,10-12H,1-2,4-8H2. The highest BCUT2D eigenvalue weighted by molar-refractivity contribution is 5.82. The summed E-state index contributed by atoms with van der Waals surface area (Å²) < 4.78 is 5.66. The molecule has 4 aliphatic rings. The van der Waals surface area contributed by atoms with Gasteiger partial charge in [-0.1, -0.05) is 13.2 Å². The van der Waals surface area contributed by atoms with E-state index >= 15 is 0 Å². The zero-order chi connectivity index (χ0) is 11.3. The first-order valence-electron chi connectivity index (χ1n) is 6.17. The Kier molecular flexibility index (Phi) is 2.04. The SMILES string of the molecule is C=CC(=O)OC12CC3CC(CC(C3)C1=C)C2. The fraction of sp³-hybridized carbons (Fsp3) is 0.643. The number of carbonyl (C=O) groups excluding carboxylic acids is 1. The predicted octanol–water partition coefficient (Wildman–Crippen LogP) is 2.85. The Hall–Kier alpha value is -1.05. The molecule has 4 bridgehead atoms. The number of hydrogen-bond acceptors (Lipinski definition) is 2. The molecule has 4 rings (SSSR count). The fourth-order valence-corrected chi connectivity index (χ4v) is 4.22. The molecule has 0 N–H and O–H groups in total. The van der Waals surface area contributed by atoms with Gasteiger partial charge >= 0.3 is 5.97 Å². The van der Waals surface area contributed by atoms with Gasteiger partial charge in [0, 0.05) is 6.08 Å². The second kappa shape index (κ2) is 3.22. The van der Waals surface area contributed by atoms with E-state index < -0.39 is 0 Å². The van der Waals surface area contributed by atoms with Gasteiger partial charge in [-0.25, -0.2) is 4.79 Å². The van der Waals surface area contributed by atoms with Crippen LogP contribution >= 0.6 is 0 Å². The van der Waals surface area contributed by atoms with Crippen molar-refractivity contribution in [3.63, 3.8) is 0 Å². The van der Waals surface area contributed by atoms with Crippen LogP contribution in [0.5, 0.6) is 0 Å². The van der Waals surface area contributed by atoms with Gasteiger partial charge in [0.05, 0.1) is 0 Å². The lowest BCUT2D eigenvalue weighted by molar-refractivity contribution is -0.165. The smallest absolute Gasteiger partial charge is 0.331 e. The van der Waals surface area contributed by atoms with Gasteiger partial charge in [-0.3, -0.25) is 0 Å². The molecule has 0 radical (unpaired) electrons. The van der Waals surface area contributed by atoms with Crippen LogP contribution in [0.3, 0.4) is 0 Å². The fourth-order valence-electron chi connectivity index (χ4n) is 4.22. The maximum Gasteiger partial charge on any atom is 0.331 e. The Bertz CT molecular complexity index is 355. The summed E-state index contributed by atoms with van der Waals surface area (Å²) in [6, 6.07) is 0. The van der Waals surface area contributed by atoms with Gasteiger partial charge in [0.15, 0.2) is 0 Å². The molecule has 2 heteroatoms. The van der Waals surface area contributed by atoms with Crippen molar-refractivity contribution in [3.05, 3.63) is 24.8 Å². The van der Waals surface area contributed by atoms with Crippen LogP contribution in [-0.4, -0.2) is 11.6 Å². The Balaban J connectivity index is 1.90. The summed E-state index contributed by atoms with van der Waals surface area (Å²) in [5.74, 6) is 1.81. The van der Waals surface area contributed by atoms with E-state index in [9.17, 15) is 4.79 Å². The first kappa shape index (κ1) is 10.1. The van der Waals surface area contributed by atoms with Gasteiger partial charge in [0.2, 0.25) is 0 Å². The van der Waals surface area contributed by atoms with Crippen molar-refractivity contribution in [2.75, 3.05) is 0 Å². The number of rotatable bonds is 2. The lowest BCUT2D eigenvalue weighted by Gasteiger charge is -2.56. The van der Waals surface area contributed by atoms with Crippen LogP contribution < -0.4 is 0 Å². The minimum absolute atomic E-state index is 0.289. The normalized spacial score (nSPS) is 44.5. The molecular formula is C14H18O2. The van der Waals surface area contributed by atoms with Crippen LogP contribution in [-0.2, 0) is 9.53 Å². The zero-order valence-corrected chi connectivity index (χ0v) is 9.58. The van der Waals surface area contributed by atoms with Crippen molar-refractivity contribution in [1.82, 2.24) is 0 Å². The summed E-state index contributed by atoms with van der Waals surface area (Å²) in [6.07, 6.45) is 7.13. The lowest BCUT2D eigenvalue weighted by Crippen LogP contribution is -2.54. The average Bonchev–Trinajstić information content (AvgIpc) is 2.24. The van der Waals surface area contributed by atoms with Crippen molar-refractivity contribution >= 4 is 5.97 Å². The molecule has 16 heavy (non-hydrogen) atoms. The maximum absolute atomic E-state index is 11.5. The van der Waals surface area contributed by atoms with E-state index in [-0.39, 0.29) is 11.6 Å². The van der Waals surface area contributed by atoms with E-state index in [4.69, 9.17) is 4.74 Å². The van der Waals surface area contributed by atoms with Gasteiger partial charge in [-0.2, -0.15) is 0 Å². The second-order valence-corrected chi connectivity index (χ2v) is 5.69. The summed E-state index contributed by atoms with van der Waals surface area (Å²) in [7, 11) is 0. The molecule has 0 aromatic heterocycles. The molecule has 0 spiro atoms. The topological polar surface area (TPSA) is 26.3 Å². The van der Waals surface area contributed by atoms with Gasteiger partial charge in [0.1, 0.15) is 5.60 Å². The van der Waals surface area contributed by atoms with Crippen molar-refractivity contribution in [2.24, 2.45) is 17.8 Å². The molecule has 0 aromatic rings. The van der Waals surface area contributed by atoms with Gasteiger partial charge in [-0.05, 0) is 55.4 Å². The van der Waals surface area contributed by atoms with Crippen molar-refractivity contribution < 1.29 is 9.53 Å². The quantitative estimate of drug-likeness (QED) is 0.405. The van der Waals surface area contributed by atoms with Gasteiger partial charge in [-0.15, -0.1) is 0 Å². The third-order valence-corrected chi connectivity index (χ3v) is 4.68. The summed E-state index contributed by atoms with van der Waals surface area (Å²) in [5, 5.41) is 0. The average molecular weight is 218 g/mol. The van der Waals surface area contributed by atoms with Crippen molar-refractivity contribution in [2.45, 2.75) is 37.7 Å². The van der Waals surface area contributed by atoms with E-state index in [1.807, 2.05) is 0 Å². The minimum Gasteiger partial charge on any atom is -0.451 e. The molecule has 0 heterocycles. The third-order valence-electron chi connectivity index (χ3n) is 4.68. The molecule has 4 aliphatic carbocycles. The van der Waals surface area contributed by atoms with Crippen LogP contribution in [0.1, 0.15) is 32.1 Å². The van der Waals surface area contributed by atoms with E-state index in [0.29, 0.717) is 5.92 Å². The van der Waals surface area contributed by atoms with Crippen LogP contribution in [0.4, 0.5) is 0 Å². The Morgan fingerprint density at radius 3 is 2.50 bits per heavy atom. The Morgan fingerprint density at radius 1 is 1.31 bits per heavy atom. The molecule has 4 fully saturated rings. The lowest BCUT2D eigenvalue weighted by atomic mass is 9.52. The number of carbonyl (C=O) groups is 1. The Morgan fingerprint density at radius 2 is 1.94 bits per heavy atom. The molecule has 0 aromatic carbocycles. The summed E-state index contributed by atoms with van der Waals surface area (Å²) in [6.45, 7) is 7.68. The highest BCUT2D eigenvalue weighted by Crippen LogP contribution is 2.59. The van der Waals surface area contributed by atoms with E-state index in [1.54, 1.807) is 0 Å². The summed E-state index contributed by atoms with van der Waals surface area (Å²) in [4.78, 5) is 11.5. The molecule has 0 aliphatic heterocycles. The third kappa shape index (κ3) is 1.28. The van der Waals surface area contributed by atoms with Crippen LogP contribution in [0, 0.1) is 17.8 Å². The van der Waals surface area contributed by atoms with E-state index in [2.05, 4.69) is 13.2 Å². The summed E-state index contributed by atoms with van der Waals surface area (Å²) >= 11 is 0. The number of ether oxygens (including phenoxy) is 1. The summed E-state index contributed by atoms with van der Waals surface area (Å²) in [5.41, 5.74) is 0.843.